The first-order valence-corrected chi connectivity index (χ1v) is 8.46. The molecule has 0 spiro atoms. The van der Waals surface area contributed by atoms with Gasteiger partial charge in [-0.3, -0.25) is 4.79 Å². The van der Waals surface area contributed by atoms with E-state index < -0.39 is 0 Å². The second-order valence-corrected chi connectivity index (χ2v) is 6.99. The molecule has 1 saturated heterocycles. The molecule has 7 heteroatoms. The highest BCUT2D eigenvalue weighted by Gasteiger charge is 2.33. The number of carbonyl (C=O) groups excluding carboxylic acids is 1. The molecule has 0 radical (unpaired) electrons. The van der Waals surface area contributed by atoms with Gasteiger partial charge in [-0.1, -0.05) is 19.0 Å². The molecule has 0 unspecified atom stereocenters. The third kappa shape index (κ3) is 3.04. The van der Waals surface area contributed by atoms with E-state index in [0.29, 0.717) is 18.1 Å². The third-order valence-corrected chi connectivity index (χ3v) is 4.64. The fourth-order valence-corrected chi connectivity index (χ4v) is 3.31. The van der Waals surface area contributed by atoms with Gasteiger partial charge in [0.2, 0.25) is 11.8 Å². The van der Waals surface area contributed by atoms with Crippen LogP contribution < -0.4 is 0 Å². The average molecular weight is 320 g/mol. The summed E-state index contributed by atoms with van der Waals surface area (Å²) in [4.78, 5) is 23.2. The lowest BCUT2D eigenvalue weighted by Crippen LogP contribution is -2.32. The van der Waals surface area contributed by atoms with Gasteiger partial charge < -0.3 is 9.42 Å². The van der Waals surface area contributed by atoms with E-state index in [9.17, 15) is 4.79 Å². The Morgan fingerprint density at radius 1 is 1.50 bits per heavy atom. The van der Waals surface area contributed by atoms with Gasteiger partial charge in [0.25, 0.3) is 0 Å². The molecule has 1 atom stereocenters. The van der Waals surface area contributed by atoms with Crippen molar-refractivity contribution in [2.45, 2.75) is 52.0 Å². The number of hydrogen-bond donors (Lipinski definition) is 0. The summed E-state index contributed by atoms with van der Waals surface area (Å²) >= 11 is 1.57. The zero-order chi connectivity index (χ0) is 15.7. The van der Waals surface area contributed by atoms with Crippen molar-refractivity contribution in [1.29, 1.82) is 0 Å². The molecule has 118 valence electrons. The first kappa shape index (κ1) is 15.1. The van der Waals surface area contributed by atoms with Crippen LogP contribution in [-0.4, -0.2) is 32.5 Å². The van der Waals surface area contributed by atoms with Crippen molar-refractivity contribution in [3.05, 3.63) is 27.8 Å². The molecule has 3 heterocycles. The van der Waals surface area contributed by atoms with Crippen LogP contribution in [0.3, 0.4) is 0 Å². The van der Waals surface area contributed by atoms with Gasteiger partial charge in [-0.2, -0.15) is 4.98 Å². The minimum atomic E-state index is -0.0662. The number of aryl methyl sites for hydroxylation is 1. The monoisotopic (exact) mass is 320 g/mol. The molecule has 3 rings (SSSR count). The standard InChI is InChI=1S/C15H20N4O2S/c1-9(2)15-17-14(18-21-15)12-5-4-6-19(12)13(20)7-11-8-22-10(3)16-11/h8-9,12H,4-7H2,1-3H3/t12-/m0/s1. The Morgan fingerprint density at radius 2 is 2.32 bits per heavy atom. The molecule has 0 bridgehead atoms. The molecule has 0 saturated carbocycles. The summed E-state index contributed by atoms with van der Waals surface area (Å²) in [5.74, 6) is 1.54. The molecule has 22 heavy (non-hydrogen) atoms. The summed E-state index contributed by atoms with van der Waals surface area (Å²) in [6, 6.07) is -0.0662. The van der Waals surface area contributed by atoms with E-state index in [4.69, 9.17) is 4.52 Å². The number of thiazole rings is 1. The van der Waals surface area contributed by atoms with Gasteiger partial charge in [-0.15, -0.1) is 11.3 Å². The Kier molecular flexibility index (Phi) is 4.24. The van der Waals surface area contributed by atoms with Crippen LogP contribution in [0.1, 0.15) is 61.1 Å². The second-order valence-electron chi connectivity index (χ2n) is 5.93. The number of rotatable bonds is 4. The topological polar surface area (TPSA) is 72.1 Å². The van der Waals surface area contributed by atoms with Crippen LogP contribution in [0.15, 0.2) is 9.90 Å². The quantitative estimate of drug-likeness (QED) is 0.866. The van der Waals surface area contributed by atoms with Crippen molar-refractivity contribution < 1.29 is 9.32 Å². The van der Waals surface area contributed by atoms with E-state index in [1.807, 2.05) is 31.1 Å². The largest absolute Gasteiger partial charge is 0.339 e. The van der Waals surface area contributed by atoms with Crippen LogP contribution in [0.4, 0.5) is 0 Å². The predicted octanol–water partition coefficient (Wildman–Crippen LogP) is 2.86. The fraction of sp³-hybridized carbons (Fsp3) is 0.600. The Balaban J connectivity index is 1.73. The molecule has 2 aromatic heterocycles. The molecular weight excluding hydrogens is 300 g/mol. The van der Waals surface area contributed by atoms with Crippen LogP contribution >= 0.6 is 11.3 Å². The Labute approximate surface area is 133 Å². The minimum Gasteiger partial charge on any atom is -0.339 e. The minimum absolute atomic E-state index is 0.0662. The molecule has 1 aliphatic heterocycles. The van der Waals surface area contributed by atoms with Gasteiger partial charge in [-0.25, -0.2) is 4.98 Å². The van der Waals surface area contributed by atoms with Crippen LogP contribution in [0.25, 0.3) is 0 Å². The van der Waals surface area contributed by atoms with Crippen LogP contribution in [-0.2, 0) is 11.2 Å². The van der Waals surface area contributed by atoms with Crippen molar-refractivity contribution >= 4 is 17.2 Å². The SMILES string of the molecule is Cc1nc(CC(=O)N2CCC[C@H]2c2noc(C(C)C)n2)cs1. The van der Waals surface area contributed by atoms with Crippen molar-refractivity contribution in [3.63, 3.8) is 0 Å². The van der Waals surface area contributed by atoms with Crippen molar-refractivity contribution in [1.82, 2.24) is 20.0 Å². The van der Waals surface area contributed by atoms with E-state index in [1.165, 1.54) is 0 Å². The first-order chi connectivity index (χ1) is 10.5. The summed E-state index contributed by atoms with van der Waals surface area (Å²) in [7, 11) is 0. The maximum atomic E-state index is 12.6. The first-order valence-electron chi connectivity index (χ1n) is 7.58. The summed E-state index contributed by atoms with van der Waals surface area (Å²) in [5.41, 5.74) is 0.842. The smallest absolute Gasteiger partial charge is 0.229 e. The van der Waals surface area contributed by atoms with Gasteiger partial charge in [0.15, 0.2) is 5.82 Å². The van der Waals surface area contributed by atoms with Gasteiger partial charge in [0.05, 0.1) is 23.2 Å². The van der Waals surface area contributed by atoms with Crippen LogP contribution in [0.5, 0.6) is 0 Å². The predicted molar refractivity (Wildman–Crippen MR) is 82.6 cm³/mol. The lowest BCUT2D eigenvalue weighted by molar-refractivity contribution is -0.131. The summed E-state index contributed by atoms with van der Waals surface area (Å²) in [6.45, 7) is 6.72. The number of carbonyl (C=O) groups is 1. The normalized spacial score (nSPS) is 18.4. The van der Waals surface area contributed by atoms with E-state index in [1.54, 1.807) is 11.3 Å². The fourth-order valence-electron chi connectivity index (χ4n) is 2.70. The Bertz CT molecular complexity index is 664. The van der Waals surface area contributed by atoms with Gasteiger partial charge in [0.1, 0.15) is 0 Å². The molecule has 1 amide bonds. The van der Waals surface area contributed by atoms with Gasteiger partial charge in [0, 0.05) is 17.8 Å². The highest BCUT2D eigenvalue weighted by Crippen LogP contribution is 2.31. The van der Waals surface area contributed by atoms with Crippen molar-refractivity contribution in [3.8, 4) is 0 Å². The number of nitrogens with zero attached hydrogens (tertiary/aromatic N) is 4. The van der Waals surface area contributed by atoms with Crippen molar-refractivity contribution in [2.75, 3.05) is 6.54 Å². The van der Waals surface area contributed by atoms with Crippen molar-refractivity contribution in [2.24, 2.45) is 0 Å². The molecule has 6 nitrogen and oxygen atoms in total. The maximum absolute atomic E-state index is 12.6. The zero-order valence-electron chi connectivity index (χ0n) is 13.1. The summed E-state index contributed by atoms with van der Waals surface area (Å²) in [6.07, 6.45) is 2.20. The lowest BCUT2D eigenvalue weighted by atomic mass is 10.2. The van der Waals surface area contributed by atoms with Crippen LogP contribution in [0, 0.1) is 6.92 Å². The zero-order valence-corrected chi connectivity index (χ0v) is 13.9. The van der Waals surface area contributed by atoms with Gasteiger partial charge in [-0.05, 0) is 19.8 Å². The van der Waals surface area contributed by atoms with E-state index in [-0.39, 0.29) is 17.9 Å². The maximum Gasteiger partial charge on any atom is 0.229 e. The van der Waals surface area contributed by atoms with E-state index >= 15 is 0 Å². The second kappa shape index (κ2) is 6.16. The Morgan fingerprint density at radius 3 is 2.95 bits per heavy atom. The lowest BCUT2D eigenvalue weighted by Gasteiger charge is -2.21. The average Bonchev–Trinajstić information content (AvgIpc) is 3.16. The molecular formula is C15H20N4O2S. The molecule has 0 aromatic carbocycles. The number of likely N-dealkylation sites (tertiary alicyclic amines) is 1. The molecule has 0 N–H and O–H groups in total. The van der Waals surface area contributed by atoms with Crippen LogP contribution in [0.2, 0.25) is 0 Å². The molecule has 1 aliphatic rings. The number of aromatic nitrogens is 3. The van der Waals surface area contributed by atoms with Gasteiger partial charge >= 0.3 is 0 Å². The third-order valence-electron chi connectivity index (χ3n) is 3.82. The molecule has 0 aliphatic carbocycles. The number of amides is 1. The highest BCUT2D eigenvalue weighted by atomic mass is 32.1. The van der Waals surface area contributed by atoms with E-state index in [0.717, 1.165) is 30.1 Å². The summed E-state index contributed by atoms with van der Waals surface area (Å²) in [5, 5.41) is 7.00. The van der Waals surface area contributed by atoms with E-state index in [2.05, 4.69) is 15.1 Å². The molecule has 2 aromatic rings. The number of hydrogen-bond acceptors (Lipinski definition) is 6. The summed E-state index contributed by atoms with van der Waals surface area (Å²) < 4.78 is 5.28. The highest BCUT2D eigenvalue weighted by molar-refractivity contribution is 7.09. The molecule has 1 fully saturated rings. The Hall–Kier alpha value is -1.76.